The molecule has 4 N–H and O–H groups in total. The Labute approximate surface area is 144 Å². The van der Waals surface area contributed by atoms with E-state index in [2.05, 4.69) is 17.2 Å². The van der Waals surface area contributed by atoms with Crippen LogP contribution in [0.1, 0.15) is 35.7 Å². The van der Waals surface area contributed by atoms with Gasteiger partial charge in [0.15, 0.2) is 5.78 Å². The molecule has 1 aromatic rings. The van der Waals surface area contributed by atoms with Crippen molar-refractivity contribution in [3.05, 3.63) is 41.5 Å². The van der Waals surface area contributed by atoms with Crippen LogP contribution in [0.25, 0.3) is 0 Å². The summed E-state index contributed by atoms with van der Waals surface area (Å²) >= 11 is 0. The standard InChI is InChI=1S/C17H20N2O6/c1-9(2)16(23)19-8-14(22)18-7-13(21)10(3)15-11(17(24)25)5-4-6-12(15)20/h4-6,10,20H,1,7-8H2,2-3H3,(H,18,22)(H,19,23)(H,24,25). The summed E-state index contributed by atoms with van der Waals surface area (Å²) in [5.41, 5.74) is 0.0592. The van der Waals surface area contributed by atoms with Gasteiger partial charge in [-0.15, -0.1) is 0 Å². The summed E-state index contributed by atoms with van der Waals surface area (Å²) < 4.78 is 0. The SMILES string of the molecule is C=C(C)C(=O)NCC(=O)NCC(=O)C(C)c1c(O)cccc1C(=O)O. The van der Waals surface area contributed by atoms with Gasteiger partial charge in [-0.3, -0.25) is 14.4 Å². The Morgan fingerprint density at radius 1 is 1.16 bits per heavy atom. The highest BCUT2D eigenvalue weighted by molar-refractivity contribution is 5.97. The lowest BCUT2D eigenvalue weighted by molar-refractivity contribution is -0.126. The molecule has 2 amide bonds. The van der Waals surface area contributed by atoms with E-state index in [9.17, 15) is 24.3 Å². The number of aromatic hydroxyl groups is 1. The zero-order chi connectivity index (χ0) is 19.1. The van der Waals surface area contributed by atoms with Gasteiger partial charge >= 0.3 is 5.97 Å². The monoisotopic (exact) mass is 348 g/mol. The summed E-state index contributed by atoms with van der Waals surface area (Å²) in [6.45, 7) is 5.68. The van der Waals surface area contributed by atoms with Crippen LogP contribution in [0.5, 0.6) is 5.75 Å². The molecular formula is C17H20N2O6. The summed E-state index contributed by atoms with van der Waals surface area (Å²) in [7, 11) is 0. The van der Waals surface area contributed by atoms with Crippen LogP contribution in [0.2, 0.25) is 0 Å². The summed E-state index contributed by atoms with van der Waals surface area (Å²) in [4.78, 5) is 46.3. The van der Waals surface area contributed by atoms with Crippen molar-refractivity contribution in [1.29, 1.82) is 0 Å². The second kappa shape index (κ2) is 8.62. The number of ketones is 1. The van der Waals surface area contributed by atoms with Gasteiger partial charge in [0.1, 0.15) is 5.75 Å². The minimum atomic E-state index is -1.27. The fourth-order valence-electron chi connectivity index (χ4n) is 2.07. The number of rotatable bonds is 8. The molecule has 0 aliphatic heterocycles. The van der Waals surface area contributed by atoms with E-state index in [1.54, 1.807) is 0 Å². The molecule has 0 bridgehead atoms. The van der Waals surface area contributed by atoms with E-state index in [0.29, 0.717) is 0 Å². The summed E-state index contributed by atoms with van der Waals surface area (Å²) in [6, 6.07) is 3.94. The van der Waals surface area contributed by atoms with Crippen LogP contribution in [0.15, 0.2) is 30.4 Å². The number of phenolic OH excluding ortho intramolecular Hbond substituents is 1. The molecule has 8 heteroatoms. The van der Waals surface area contributed by atoms with Crippen molar-refractivity contribution < 1.29 is 29.4 Å². The van der Waals surface area contributed by atoms with Gasteiger partial charge in [-0.2, -0.15) is 0 Å². The van der Waals surface area contributed by atoms with Crippen molar-refractivity contribution in [2.45, 2.75) is 19.8 Å². The number of hydrogen-bond acceptors (Lipinski definition) is 5. The minimum absolute atomic E-state index is 0.00941. The second-order valence-corrected chi connectivity index (χ2v) is 5.47. The van der Waals surface area contributed by atoms with Gasteiger partial charge in [-0.25, -0.2) is 4.79 Å². The Hall–Kier alpha value is -3.16. The fraction of sp³-hybridized carbons (Fsp3) is 0.294. The number of carbonyl (C=O) groups is 4. The lowest BCUT2D eigenvalue weighted by Crippen LogP contribution is -2.40. The van der Waals surface area contributed by atoms with Gasteiger partial charge in [0.25, 0.3) is 0 Å². The number of carboxylic acids is 1. The molecule has 0 saturated heterocycles. The average Bonchev–Trinajstić information content (AvgIpc) is 2.56. The van der Waals surface area contributed by atoms with E-state index in [1.807, 2.05) is 0 Å². The molecule has 1 aromatic carbocycles. The Morgan fingerprint density at radius 2 is 1.80 bits per heavy atom. The molecule has 0 spiro atoms. The van der Waals surface area contributed by atoms with Crippen molar-refractivity contribution >= 4 is 23.6 Å². The minimum Gasteiger partial charge on any atom is -0.508 e. The van der Waals surface area contributed by atoms with E-state index in [4.69, 9.17) is 5.11 Å². The van der Waals surface area contributed by atoms with Gasteiger partial charge in [0, 0.05) is 17.1 Å². The molecule has 1 unspecified atom stereocenters. The van der Waals surface area contributed by atoms with E-state index in [1.165, 1.54) is 32.0 Å². The predicted octanol–water partition coefficient (Wildman–Crippen LogP) is 0.571. The highest BCUT2D eigenvalue weighted by Crippen LogP contribution is 2.29. The number of benzene rings is 1. The number of hydrogen-bond donors (Lipinski definition) is 4. The largest absolute Gasteiger partial charge is 0.508 e. The van der Waals surface area contributed by atoms with Crippen molar-refractivity contribution in [3.63, 3.8) is 0 Å². The number of carbonyl (C=O) groups excluding carboxylic acids is 3. The molecule has 0 fully saturated rings. The highest BCUT2D eigenvalue weighted by Gasteiger charge is 2.24. The van der Waals surface area contributed by atoms with Crippen LogP contribution in [0.3, 0.4) is 0 Å². The topological polar surface area (TPSA) is 133 Å². The zero-order valence-corrected chi connectivity index (χ0v) is 14.0. The smallest absolute Gasteiger partial charge is 0.336 e. The number of nitrogens with one attached hydrogen (secondary N) is 2. The molecule has 0 aliphatic carbocycles. The molecule has 25 heavy (non-hydrogen) atoms. The maximum Gasteiger partial charge on any atom is 0.336 e. The summed E-state index contributed by atoms with van der Waals surface area (Å²) in [5.74, 6) is -4.04. The number of aromatic carboxylic acids is 1. The third kappa shape index (κ3) is 5.45. The van der Waals surface area contributed by atoms with Gasteiger partial charge in [-0.1, -0.05) is 19.6 Å². The highest BCUT2D eigenvalue weighted by atomic mass is 16.4. The molecule has 0 aromatic heterocycles. The van der Waals surface area contributed by atoms with Crippen LogP contribution in [-0.2, 0) is 14.4 Å². The predicted molar refractivity (Wildman–Crippen MR) is 89.3 cm³/mol. The summed E-state index contributed by atoms with van der Waals surface area (Å²) in [6.07, 6.45) is 0. The van der Waals surface area contributed by atoms with Crippen molar-refractivity contribution in [2.75, 3.05) is 13.1 Å². The molecule has 0 radical (unpaired) electrons. The first kappa shape index (κ1) is 19.9. The van der Waals surface area contributed by atoms with Crippen molar-refractivity contribution in [3.8, 4) is 5.75 Å². The van der Waals surface area contributed by atoms with Gasteiger partial charge in [-0.05, 0) is 19.1 Å². The Morgan fingerprint density at radius 3 is 2.36 bits per heavy atom. The molecule has 8 nitrogen and oxygen atoms in total. The van der Waals surface area contributed by atoms with Gasteiger partial charge in [0.2, 0.25) is 11.8 Å². The fourth-order valence-corrected chi connectivity index (χ4v) is 2.07. The second-order valence-electron chi connectivity index (χ2n) is 5.47. The maximum absolute atomic E-state index is 12.2. The number of Topliss-reactive ketones (excluding diaryl/α,β-unsaturated/α-hetero) is 1. The van der Waals surface area contributed by atoms with Crippen LogP contribution in [0, 0.1) is 0 Å². The molecular weight excluding hydrogens is 328 g/mol. The zero-order valence-electron chi connectivity index (χ0n) is 14.0. The van der Waals surface area contributed by atoms with E-state index in [0.717, 1.165) is 0 Å². The molecule has 0 heterocycles. The van der Waals surface area contributed by atoms with Crippen LogP contribution >= 0.6 is 0 Å². The quantitative estimate of drug-likeness (QED) is 0.508. The van der Waals surface area contributed by atoms with Crippen molar-refractivity contribution in [2.24, 2.45) is 0 Å². The first-order chi connectivity index (χ1) is 11.6. The van der Waals surface area contributed by atoms with Crippen LogP contribution < -0.4 is 10.6 Å². The first-order valence-corrected chi connectivity index (χ1v) is 7.43. The first-order valence-electron chi connectivity index (χ1n) is 7.43. The lowest BCUT2D eigenvalue weighted by Gasteiger charge is -2.15. The normalized spacial score (nSPS) is 11.3. The maximum atomic E-state index is 12.2. The molecule has 1 atom stereocenters. The van der Waals surface area contributed by atoms with E-state index in [-0.39, 0.29) is 35.5 Å². The van der Waals surface area contributed by atoms with Gasteiger partial charge in [0.05, 0.1) is 18.7 Å². The van der Waals surface area contributed by atoms with Crippen molar-refractivity contribution in [1.82, 2.24) is 10.6 Å². The third-order valence-electron chi connectivity index (χ3n) is 3.49. The molecule has 0 aliphatic rings. The molecule has 0 saturated carbocycles. The molecule has 134 valence electrons. The number of amides is 2. The van der Waals surface area contributed by atoms with Crippen LogP contribution in [0.4, 0.5) is 0 Å². The van der Waals surface area contributed by atoms with Gasteiger partial charge < -0.3 is 20.8 Å². The Kier molecular flexibility index (Phi) is 6.86. The van der Waals surface area contributed by atoms with E-state index < -0.39 is 29.5 Å². The van der Waals surface area contributed by atoms with Crippen LogP contribution in [-0.4, -0.2) is 46.9 Å². The Balaban J connectivity index is 2.70. The lowest BCUT2D eigenvalue weighted by atomic mass is 9.91. The third-order valence-corrected chi connectivity index (χ3v) is 3.49. The summed E-state index contributed by atoms with van der Waals surface area (Å²) in [5, 5.41) is 23.7. The number of carboxylic acid groups (broad SMARTS) is 1. The number of phenols is 1. The Bertz CT molecular complexity index is 726. The average molecular weight is 348 g/mol. The van der Waals surface area contributed by atoms with E-state index >= 15 is 0 Å². The molecule has 1 rings (SSSR count).